The van der Waals surface area contributed by atoms with Gasteiger partial charge in [0, 0.05) is 24.4 Å². The van der Waals surface area contributed by atoms with Crippen LogP contribution in [0.1, 0.15) is 84.1 Å². The molecule has 0 saturated carbocycles. The Hall–Kier alpha value is -2.43. The van der Waals surface area contributed by atoms with E-state index in [1.54, 1.807) is 0 Å². The number of rotatable bonds is 15. The van der Waals surface area contributed by atoms with Crippen molar-refractivity contribution in [3.8, 4) is 17.1 Å². The quantitative estimate of drug-likeness (QED) is 0.239. The second-order valence-corrected chi connectivity index (χ2v) is 8.17. The molecular formula is C26H38N2O3. The SMILES string of the molecule is CCCCCCCCc1cnc(-c2ccc(OCC(C)OC(=O)CCCC)cc2)nc1. The standard InChI is InChI=1S/C26H38N2O3/c1-4-6-8-9-10-11-12-22-18-27-26(28-19-22)23-14-16-24(17-15-23)30-20-21(3)31-25(29)13-7-5-2/h14-19,21H,4-13,20H2,1-3H3. The summed E-state index contributed by atoms with van der Waals surface area (Å²) in [4.78, 5) is 20.7. The summed E-state index contributed by atoms with van der Waals surface area (Å²) in [7, 11) is 0. The zero-order chi connectivity index (χ0) is 22.3. The smallest absolute Gasteiger partial charge is 0.306 e. The van der Waals surface area contributed by atoms with Crippen molar-refractivity contribution in [1.82, 2.24) is 9.97 Å². The number of aryl methyl sites for hydroxylation is 1. The molecule has 0 spiro atoms. The third-order valence-electron chi connectivity index (χ3n) is 5.19. The Morgan fingerprint density at radius 1 is 0.903 bits per heavy atom. The van der Waals surface area contributed by atoms with Crippen molar-refractivity contribution in [3.63, 3.8) is 0 Å². The fourth-order valence-corrected chi connectivity index (χ4v) is 3.29. The molecule has 170 valence electrons. The molecule has 0 aliphatic heterocycles. The van der Waals surface area contributed by atoms with E-state index in [0.717, 1.165) is 36.4 Å². The summed E-state index contributed by atoms with van der Waals surface area (Å²) in [5.74, 6) is 1.29. The van der Waals surface area contributed by atoms with Gasteiger partial charge in [0.15, 0.2) is 5.82 Å². The molecule has 1 heterocycles. The summed E-state index contributed by atoms with van der Waals surface area (Å²) < 4.78 is 11.1. The highest BCUT2D eigenvalue weighted by atomic mass is 16.6. The highest BCUT2D eigenvalue weighted by Gasteiger charge is 2.10. The van der Waals surface area contributed by atoms with E-state index >= 15 is 0 Å². The molecule has 2 aromatic rings. The molecule has 1 aromatic carbocycles. The van der Waals surface area contributed by atoms with E-state index in [-0.39, 0.29) is 12.1 Å². The predicted molar refractivity (Wildman–Crippen MR) is 125 cm³/mol. The number of nitrogens with zero attached hydrogens (tertiary/aromatic N) is 2. The van der Waals surface area contributed by atoms with Crippen LogP contribution in [0.3, 0.4) is 0 Å². The maximum absolute atomic E-state index is 11.7. The summed E-state index contributed by atoms with van der Waals surface area (Å²) in [5.41, 5.74) is 2.15. The van der Waals surface area contributed by atoms with Crippen LogP contribution < -0.4 is 4.74 Å². The molecule has 1 aromatic heterocycles. The molecule has 0 radical (unpaired) electrons. The molecule has 0 amide bonds. The Kier molecular flexibility index (Phi) is 11.7. The number of carbonyl (C=O) groups excluding carboxylic acids is 1. The van der Waals surface area contributed by atoms with Crippen LogP contribution in [0, 0.1) is 0 Å². The van der Waals surface area contributed by atoms with Gasteiger partial charge in [-0.05, 0) is 56.0 Å². The summed E-state index contributed by atoms with van der Waals surface area (Å²) in [5, 5.41) is 0. The van der Waals surface area contributed by atoms with E-state index < -0.39 is 0 Å². The molecule has 0 aliphatic carbocycles. The van der Waals surface area contributed by atoms with E-state index in [1.807, 2.05) is 43.6 Å². The number of hydrogen-bond acceptors (Lipinski definition) is 5. The first-order chi connectivity index (χ1) is 15.1. The van der Waals surface area contributed by atoms with Gasteiger partial charge in [-0.15, -0.1) is 0 Å². The van der Waals surface area contributed by atoms with Crippen LogP contribution in [-0.4, -0.2) is 28.6 Å². The van der Waals surface area contributed by atoms with Gasteiger partial charge in [0.05, 0.1) is 0 Å². The maximum atomic E-state index is 11.7. The minimum atomic E-state index is -0.272. The third-order valence-corrected chi connectivity index (χ3v) is 5.19. The van der Waals surface area contributed by atoms with Gasteiger partial charge >= 0.3 is 5.97 Å². The van der Waals surface area contributed by atoms with Crippen molar-refractivity contribution in [3.05, 3.63) is 42.2 Å². The van der Waals surface area contributed by atoms with E-state index in [0.29, 0.717) is 13.0 Å². The van der Waals surface area contributed by atoms with E-state index in [2.05, 4.69) is 23.8 Å². The molecule has 1 unspecified atom stereocenters. The first kappa shape index (κ1) is 24.8. The molecule has 0 aliphatic rings. The van der Waals surface area contributed by atoms with Gasteiger partial charge in [0.1, 0.15) is 18.5 Å². The lowest BCUT2D eigenvalue weighted by molar-refractivity contribution is -0.149. The van der Waals surface area contributed by atoms with Gasteiger partial charge in [0.25, 0.3) is 0 Å². The topological polar surface area (TPSA) is 61.3 Å². The van der Waals surface area contributed by atoms with Crippen molar-refractivity contribution in [1.29, 1.82) is 0 Å². The molecule has 5 nitrogen and oxygen atoms in total. The van der Waals surface area contributed by atoms with Gasteiger partial charge in [-0.3, -0.25) is 4.79 Å². The van der Waals surface area contributed by atoms with Gasteiger partial charge in [-0.25, -0.2) is 9.97 Å². The largest absolute Gasteiger partial charge is 0.490 e. The zero-order valence-electron chi connectivity index (χ0n) is 19.4. The fraction of sp³-hybridized carbons (Fsp3) is 0.577. The summed E-state index contributed by atoms with van der Waals surface area (Å²) in [6.07, 6.45) is 14.7. The number of aromatic nitrogens is 2. The monoisotopic (exact) mass is 426 g/mol. The average Bonchev–Trinajstić information content (AvgIpc) is 2.79. The lowest BCUT2D eigenvalue weighted by atomic mass is 10.1. The zero-order valence-corrected chi connectivity index (χ0v) is 19.4. The minimum absolute atomic E-state index is 0.162. The summed E-state index contributed by atoms with van der Waals surface area (Å²) in [6, 6.07) is 7.70. The lowest BCUT2D eigenvalue weighted by Gasteiger charge is -2.14. The highest BCUT2D eigenvalue weighted by molar-refractivity contribution is 5.69. The second-order valence-electron chi connectivity index (χ2n) is 8.17. The van der Waals surface area contributed by atoms with Crippen LogP contribution in [0.25, 0.3) is 11.4 Å². The Morgan fingerprint density at radius 2 is 1.55 bits per heavy atom. The van der Waals surface area contributed by atoms with Gasteiger partial charge in [-0.1, -0.05) is 52.4 Å². The molecule has 0 saturated heterocycles. The lowest BCUT2D eigenvalue weighted by Crippen LogP contribution is -2.21. The predicted octanol–water partition coefficient (Wildman–Crippen LogP) is 6.55. The Morgan fingerprint density at radius 3 is 2.23 bits per heavy atom. The normalized spacial score (nSPS) is 11.8. The first-order valence-electron chi connectivity index (χ1n) is 11.9. The van der Waals surface area contributed by atoms with Crippen LogP contribution in [0.4, 0.5) is 0 Å². The molecule has 1 atom stereocenters. The molecule has 0 N–H and O–H groups in total. The molecule has 5 heteroatoms. The Bertz CT molecular complexity index is 744. The maximum Gasteiger partial charge on any atom is 0.306 e. The molecule has 0 bridgehead atoms. The molecule has 2 rings (SSSR count). The average molecular weight is 427 g/mol. The number of esters is 1. The third kappa shape index (κ3) is 9.95. The van der Waals surface area contributed by atoms with Crippen molar-refractivity contribution >= 4 is 5.97 Å². The first-order valence-corrected chi connectivity index (χ1v) is 11.9. The van der Waals surface area contributed by atoms with Gasteiger partial charge < -0.3 is 9.47 Å². The van der Waals surface area contributed by atoms with Gasteiger partial charge in [0.2, 0.25) is 0 Å². The fourth-order valence-electron chi connectivity index (χ4n) is 3.29. The summed E-state index contributed by atoms with van der Waals surface area (Å²) >= 11 is 0. The van der Waals surface area contributed by atoms with E-state index in [9.17, 15) is 4.79 Å². The van der Waals surface area contributed by atoms with Crippen molar-refractivity contribution in [2.24, 2.45) is 0 Å². The van der Waals surface area contributed by atoms with Crippen LogP contribution >= 0.6 is 0 Å². The van der Waals surface area contributed by atoms with E-state index in [4.69, 9.17) is 9.47 Å². The minimum Gasteiger partial charge on any atom is -0.490 e. The van der Waals surface area contributed by atoms with E-state index in [1.165, 1.54) is 44.1 Å². The molecule has 0 fully saturated rings. The number of ether oxygens (including phenoxy) is 2. The molecular weight excluding hydrogens is 388 g/mol. The van der Waals surface area contributed by atoms with Crippen molar-refractivity contribution < 1.29 is 14.3 Å². The van der Waals surface area contributed by atoms with Crippen molar-refractivity contribution in [2.75, 3.05) is 6.61 Å². The Balaban J connectivity index is 1.75. The number of carbonyl (C=O) groups is 1. The highest BCUT2D eigenvalue weighted by Crippen LogP contribution is 2.20. The number of hydrogen-bond donors (Lipinski definition) is 0. The van der Waals surface area contributed by atoms with Crippen LogP contribution in [-0.2, 0) is 16.0 Å². The number of benzene rings is 1. The van der Waals surface area contributed by atoms with Gasteiger partial charge in [-0.2, -0.15) is 0 Å². The second kappa shape index (κ2) is 14.6. The van der Waals surface area contributed by atoms with Crippen LogP contribution in [0.2, 0.25) is 0 Å². The van der Waals surface area contributed by atoms with Crippen LogP contribution in [0.5, 0.6) is 5.75 Å². The molecule has 31 heavy (non-hydrogen) atoms. The van der Waals surface area contributed by atoms with Crippen molar-refractivity contribution in [2.45, 2.75) is 91.1 Å². The Labute approximate surface area is 187 Å². The number of unbranched alkanes of at least 4 members (excludes halogenated alkanes) is 6. The van der Waals surface area contributed by atoms with Crippen LogP contribution in [0.15, 0.2) is 36.7 Å². The summed E-state index contributed by atoms with van der Waals surface area (Å²) in [6.45, 7) is 6.48.